The van der Waals surface area contributed by atoms with Gasteiger partial charge in [-0.05, 0) is 44.4 Å². The Morgan fingerprint density at radius 1 is 0.571 bits per heavy atom. The Labute approximate surface area is 251 Å². The maximum Gasteiger partial charge on any atom is 0.246 e. The minimum absolute atomic E-state index is 0.00546. The number of amides is 4. The number of hydroxylamine groups is 6. The summed E-state index contributed by atoms with van der Waals surface area (Å²) in [4.78, 5) is 58.9. The lowest BCUT2D eigenvalue weighted by Crippen LogP contribution is -2.31. The molecule has 0 saturated heterocycles. The van der Waals surface area contributed by atoms with Gasteiger partial charge in [-0.15, -0.1) is 0 Å². The molecular weight excluding hydrogens is 544 g/mol. The molecule has 0 aromatic rings. The highest BCUT2D eigenvalue weighted by Crippen LogP contribution is 2.10. The number of rotatable bonds is 26. The number of carbonyl (C=O) groups excluding carboxylic acids is 5. The van der Waals surface area contributed by atoms with Crippen molar-refractivity contribution in [3.63, 3.8) is 0 Å². The average Bonchev–Trinajstić information content (AvgIpc) is 2.94. The fourth-order valence-corrected chi connectivity index (χ4v) is 4.24. The smallest absolute Gasteiger partial charge is 0.246 e. The van der Waals surface area contributed by atoms with E-state index in [0.29, 0.717) is 66.2 Å². The van der Waals surface area contributed by atoms with Gasteiger partial charge in [0.1, 0.15) is 5.78 Å². The molecule has 0 aromatic heterocycles. The van der Waals surface area contributed by atoms with Gasteiger partial charge in [-0.25, -0.2) is 15.2 Å². The third-order valence-electron chi connectivity index (χ3n) is 6.97. The van der Waals surface area contributed by atoms with Gasteiger partial charge in [0.25, 0.3) is 0 Å². The first-order valence-electron chi connectivity index (χ1n) is 15.7. The van der Waals surface area contributed by atoms with Gasteiger partial charge in [0.05, 0.1) is 0 Å². The van der Waals surface area contributed by atoms with Crippen molar-refractivity contribution in [1.82, 2.24) is 20.5 Å². The van der Waals surface area contributed by atoms with Gasteiger partial charge in [0.15, 0.2) is 0 Å². The molecule has 4 N–H and O–H groups in total. The van der Waals surface area contributed by atoms with E-state index in [2.05, 4.69) is 19.2 Å². The van der Waals surface area contributed by atoms with Crippen LogP contribution in [0.5, 0.6) is 0 Å². The highest BCUT2D eigenvalue weighted by Gasteiger charge is 2.14. The summed E-state index contributed by atoms with van der Waals surface area (Å²) < 4.78 is 0. The molecule has 0 fully saturated rings. The zero-order chi connectivity index (χ0) is 31.8. The number of Topliss-reactive ketones (excluding diaryl/α,β-unsaturated/α-hetero) is 1. The van der Waals surface area contributed by atoms with E-state index >= 15 is 0 Å². The number of ketones is 1. The molecule has 244 valence electrons. The Morgan fingerprint density at radius 2 is 1.05 bits per heavy atom. The lowest BCUT2D eigenvalue weighted by molar-refractivity contribution is -0.166. The lowest BCUT2D eigenvalue weighted by atomic mass is 10.0. The highest BCUT2D eigenvalue weighted by atomic mass is 16.5. The normalized spacial score (nSPS) is 10.9. The van der Waals surface area contributed by atoms with Crippen LogP contribution in [-0.4, -0.2) is 86.4 Å². The summed E-state index contributed by atoms with van der Waals surface area (Å²) in [7, 11) is 0. The van der Waals surface area contributed by atoms with Crippen LogP contribution >= 0.6 is 0 Å². The van der Waals surface area contributed by atoms with Crippen molar-refractivity contribution in [2.24, 2.45) is 5.92 Å². The Bertz CT molecular complexity index is 793. The number of nitrogens with one attached hydrogen (secondary N) is 1. The SMILES string of the molecule is CC(=O)N(O)CCCCCCC(=O)CCC(=O)N(O)CCCCCNC(=O)CCC(=O)N(O)CCCCCCC(C)C. The number of hydrogen-bond donors (Lipinski definition) is 4. The Hall–Kier alpha value is -2.57. The van der Waals surface area contributed by atoms with Crippen molar-refractivity contribution in [3.8, 4) is 0 Å². The van der Waals surface area contributed by atoms with E-state index in [4.69, 9.17) is 0 Å². The first-order valence-corrected chi connectivity index (χ1v) is 15.7. The van der Waals surface area contributed by atoms with Crippen molar-refractivity contribution >= 4 is 29.4 Å². The van der Waals surface area contributed by atoms with Crippen LogP contribution in [0, 0.1) is 5.92 Å². The van der Waals surface area contributed by atoms with Gasteiger partial charge in [-0.2, -0.15) is 0 Å². The van der Waals surface area contributed by atoms with Crippen molar-refractivity contribution in [1.29, 1.82) is 0 Å². The molecule has 0 rings (SSSR count). The highest BCUT2D eigenvalue weighted by molar-refractivity contribution is 5.84. The fraction of sp³-hybridized carbons (Fsp3) is 0.833. The quantitative estimate of drug-likeness (QED) is 0.0633. The van der Waals surface area contributed by atoms with Crippen LogP contribution in [0.4, 0.5) is 0 Å². The first-order chi connectivity index (χ1) is 19.9. The molecule has 0 bridgehead atoms. The van der Waals surface area contributed by atoms with Gasteiger partial charge in [0.2, 0.25) is 23.6 Å². The molecule has 12 nitrogen and oxygen atoms in total. The van der Waals surface area contributed by atoms with E-state index in [1.54, 1.807) is 0 Å². The summed E-state index contributed by atoms with van der Waals surface area (Å²) in [5.41, 5.74) is 0. The molecule has 0 aliphatic carbocycles. The van der Waals surface area contributed by atoms with Crippen LogP contribution in [0.25, 0.3) is 0 Å². The molecular formula is C30H56N4O8. The molecule has 12 heteroatoms. The predicted octanol–water partition coefficient (Wildman–Crippen LogP) is 4.63. The monoisotopic (exact) mass is 600 g/mol. The summed E-state index contributed by atoms with van der Waals surface area (Å²) in [6, 6.07) is 0. The first kappa shape index (κ1) is 39.4. The van der Waals surface area contributed by atoms with Crippen LogP contribution in [0.3, 0.4) is 0 Å². The van der Waals surface area contributed by atoms with E-state index in [0.717, 1.165) is 38.5 Å². The summed E-state index contributed by atoms with van der Waals surface area (Å²) in [6.07, 6.45) is 10.2. The van der Waals surface area contributed by atoms with Gasteiger partial charge >= 0.3 is 0 Å². The molecule has 0 aromatic carbocycles. The molecule has 0 saturated carbocycles. The maximum atomic E-state index is 12.0. The third-order valence-corrected chi connectivity index (χ3v) is 6.97. The minimum atomic E-state index is -0.502. The Kier molecular flexibility index (Phi) is 23.4. The fourth-order valence-electron chi connectivity index (χ4n) is 4.24. The third kappa shape index (κ3) is 23.0. The van der Waals surface area contributed by atoms with Crippen LogP contribution < -0.4 is 5.32 Å². The Balaban J connectivity index is 3.75. The van der Waals surface area contributed by atoms with Crippen molar-refractivity contribution < 1.29 is 39.6 Å². The Morgan fingerprint density at radius 3 is 1.60 bits per heavy atom. The lowest BCUT2D eigenvalue weighted by Gasteiger charge is -2.15. The minimum Gasteiger partial charge on any atom is -0.356 e. The molecule has 0 aliphatic rings. The molecule has 0 aliphatic heterocycles. The van der Waals surface area contributed by atoms with E-state index in [-0.39, 0.29) is 57.0 Å². The number of hydrogen-bond acceptors (Lipinski definition) is 8. The van der Waals surface area contributed by atoms with E-state index in [1.165, 1.54) is 13.3 Å². The summed E-state index contributed by atoms with van der Waals surface area (Å²) in [6.45, 7) is 6.76. The topological polar surface area (TPSA) is 168 Å². The summed E-state index contributed by atoms with van der Waals surface area (Å²) in [5, 5.41) is 33.8. The van der Waals surface area contributed by atoms with E-state index in [9.17, 15) is 39.6 Å². The van der Waals surface area contributed by atoms with E-state index in [1.807, 2.05) is 0 Å². The molecule has 0 spiro atoms. The van der Waals surface area contributed by atoms with Gasteiger partial charge in [-0.1, -0.05) is 52.4 Å². The average molecular weight is 601 g/mol. The zero-order valence-corrected chi connectivity index (χ0v) is 26.2. The summed E-state index contributed by atoms with van der Waals surface area (Å²) in [5.74, 6) is -0.983. The van der Waals surface area contributed by atoms with Crippen LogP contribution in [0.2, 0.25) is 0 Å². The molecule has 0 heterocycles. The second-order valence-electron chi connectivity index (χ2n) is 11.4. The number of unbranched alkanes of at least 4 members (excludes halogenated alkanes) is 8. The largest absolute Gasteiger partial charge is 0.356 e. The zero-order valence-electron chi connectivity index (χ0n) is 26.2. The van der Waals surface area contributed by atoms with Crippen molar-refractivity contribution in [2.45, 2.75) is 130 Å². The maximum absolute atomic E-state index is 12.0. The van der Waals surface area contributed by atoms with Crippen molar-refractivity contribution in [3.05, 3.63) is 0 Å². The second-order valence-corrected chi connectivity index (χ2v) is 11.4. The molecule has 0 unspecified atom stereocenters. The van der Waals surface area contributed by atoms with Crippen molar-refractivity contribution in [2.75, 3.05) is 26.2 Å². The standard InChI is InChI=1S/C30H56N4O8/c1-25(2)15-9-4-6-13-23-34(42)30(39)20-18-28(37)31-21-11-8-14-24-33(41)29(38)19-17-27(36)16-10-5-7-12-22-32(40)26(3)35/h25,40-42H,4-24H2,1-3H3,(H,31,37). The van der Waals surface area contributed by atoms with E-state index < -0.39 is 17.7 Å². The van der Waals surface area contributed by atoms with Crippen LogP contribution in [-0.2, 0) is 24.0 Å². The van der Waals surface area contributed by atoms with Gasteiger partial charge in [-0.3, -0.25) is 39.6 Å². The molecule has 0 atom stereocenters. The number of nitrogens with zero attached hydrogens (tertiary/aromatic N) is 3. The van der Waals surface area contributed by atoms with Crippen LogP contribution in [0.15, 0.2) is 0 Å². The molecule has 4 amide bonds. The molecule has 42 heavy (non-hydrogen) atoms. The van der Waals surface area contributed by atoms with Gasteiger partial charge in [0, 0.05) is 65.2 Å². The molecule has 0 radical (unpaired) electrons. The predicted molar refractivity (Wildman–Crippen MR) is 158 cm³/mol. The second kappa shape index (κ2) is 25.0. The summed E-state index contributed by atoms with van der Waals surface area (Å²) >= 11 is 0. The van der Waals surface area contributed by atoms with Crippen LogP contribution in [0.1, 0.15) is 130 Å². The number of carbonyl (C=O) groups is 5. The van der Waals surface area contributed by atoms with Gasteiger partial charge < -0.3 is 5.32 Å².